The fraction of sp³-hybridized carbons (Fsp3) is 0.860. The van der Waals surface area contributed by atoms with Gasteiger partial charge in [-0.25, -0.2) is 4.79 Å². The second-order valence-electron chi connectivity index (χ2n) is 17.7. The number of ether oxygens (including phenoxy) is 3. The van der Waals surface area contributed by atoms with Gasteiger partial charge < -0.3 is 23.8 Å². The van der Waals surface area contributed by atoms with Crippen LogP contribution < -0.4 is 0 Å². The molecule has 0 aliphatic heterocycles. The van der Waals surface area contributed by atoms with Gasteiger partial charge in [-0.3, -0.25) is 9.59 Å². The van der Waals surface area contributed by atoms with Crippen LogP contribution in [-0.4, -0.2) is 80.6 Å². The maximum absolute atomic E-state index is 12.7. The molecule has 0 heterocycles. The molecule has 8 nitrogen and oxygen atoms in total. The van der Waals surface area contributed by atoms with E-state index in [1.54, 1.807) is 0 Å². The van der Waals surface area contributed by atoms with Crippen molar-refractivity contribution in [2.75, 3.05) is 41.0 Å². The number of aliphatic carboxylic acids is 1. The van der Waals surface area contributed by atoms with Gasteiger partial charge in [0.1, 0.15) is 6.61 Å². The zero-order chi connectivity index (χ0) is 42.8. The first kappa shape index (κ1) is 55.8. The molecule has 0 rings (SSSR count). The van der Waals surface area contributed by atoms with Crippen LogP contribution in [0.3, 0.4) is 0 Å². The van der Waals surface area contributed by atoms with E-state index in [4.69, 9.17) is 14.2 Å². The van der Waals surface area contributed by atoms with Crippen LogP contribution in [0.2, 0.25) is 0 Å². The minimum absolute atomic E-state index is 0.0523. The van der Waals surface area contributed by atoms with Gasteiger partial charge in [0, 0.05) is 19.3 Å². The lowest BCUT2D eigenvalue weighted by molar-refractivity contribution is -0.887. The Labute approximate surface area is 358 Å². The Morgan fingerprint density at radius 3 is 1.41 bits per heavy atom. The SMILES string of the molecule is CC/C=C/C/C=C/CCCCCCCC(=O)OC(COCCC(C(=O)O)[N+](C)(C)C)COC(=O)CCCCCCCCCCCCCCCCCCCCCCCC. The van der Waals surface area contributed by atoms with E-state index in [9.17, 15) is 19.5 Å². The van der Waals surface area contributed by atoms with E-state index in [0.29, 0.717) is 19.3 Å². The van der Waals surface area contributed by atoms with Crippen molar-refractivity contribution in [1.29, 1.82) is 0 Å². The predicted octanol–water partition coefficient (Wildman–Crippen LogP) is 13.6. The molecule has 0 aromatic rings. The molecule has 0 amide bonds. The topological polar surface area (TPSA) is 99.1 Å². The summed E-state index contributed by atoms with van der Waals surface area (Å²) in [6, 6.07) is -0.614. The molecule has 0 saturated carbocycles. The average Bonchev–Trinajstić information content (AvgIpc) is 3.18. The van der Waals surface area contributed by atoms with Crippen LogP contribution in [0.1, 0.15) is 226 Å². The maximum atomic E-state index is 12.7. The van der Waals surface area contributed by atoms with Crippen molar-refractivity contribution >= 4 is 17.9 Å². The lowest BCUT2D eigenvalue weighted by Crippen LogP contribution is -2.50. The Hall–Kier alpha value is -2.19. The average molecular weight is 821 g/mol. The molecule has 0 fully saturated rings. The highest BCUT2D eigenvalue weighted by Gasteiger charge is 2.31. The molecule has 0 saturated heterocycles. The molecule has 340 valence electrons. The van der Waals surface area contributed by atoms with Crippen molar-refractivity contribution in [2.45, 2.75) is 238 Å². The van der Waals surface area contributed by atoms with Crippen LogP contribution in [-0.2, 0) is 28.6 Å². The number of unbranched alkanes of at least 4 members (excludes halogenated alkanes) is 26. The monoisotopic (exact) mass is 821 g/mol. The van der Waals surface area contributed by atoms with Gasteiger partial charge in [-0.2, -0.15) is 0 Å². The molecule has 0 aromatic carbocycles. The van der Waals surface area contributed by atoms with Crippen LogP contribution in [0, 0.1) is 0 Å². The molecular weight excluding hydrogens is 727 g/mol. The molecule has 0 aromatic heterocycles. The van der Waals surface area contributed by atoms with E-state index in [1.807, 2.05) is 21.1 Å². The highest BCUT2D eigenvalue weighted by atomic mass is 16.6. The van der Waals surface area contributed by atoms with Crippen molar-refractivity contribution in [3.05, 3.63) is 24.3 Å². The first-order chi connectivity index (χ1) is 28.1. The Balaban J connectivity index is 4.16. The van der Waals surface area contributed by atoms with E-state index in [2.05, 4.69) is 38.2 Å². The van der Waals surface area contributed by atoms with Crippen LogP contribution in [0.15, 0.2) is 24.3 Å². The molecule has 1 N–H and O–H groups in total. The third-order valence-electron chi connectivity index (χ3n) is 11.1. The van der Waals surface area contributed by atoms with Gasteiger partial charge in [-0.1, -0.05) is 192 Å². The molecule has 58 heavy (non-hydrogen) atoms. The summed E-state index contributed by atoms with van der Waals surface area (Å²) < 4.78 is 17.3. The summed E-state index contributed by atoms with van der Waals surface area (Å²) in [7, 11) is 5.53. The number of carbonyl (C=O) groups excluding carboxylic acids is 2. The predicted molar refractivity (Wildman–Crippen MR) is 243 cm³/mol. The van der Waals surface area contributed by atoms with Gasteiger partial charge >= 0.3 is 17.9 Å². The fourth-order valence-electron chi connectivity index (χ4n) is 7.37. The summed E-state index contributed by atoms with van der Waals surface area (Å²) in [5, 5.41) is 9.63. The summed E-state index contributed by atoms with van der Waals surface area (Å²) in [5.41, 5.74) is 0. The van der Waals surface area contributed by atoms with Crippen LogP contribution in [0.25, 0.3) is 0 Å². The second-order valence-corrected chi connectivity index (χ2v) is 17.7. The summed E-state index contributed by atoms with van der Waals surface area (Å²) in [5.74, 6) is -1.47. The Morgan fingerprint density at radius 2 is 0.966 bits per heavy atom. The van der Waals surface area contributed by atoms with Gasteiger partial charge in [0.25, 0.3) is 0 Å². The number of carbonyl (C=O) groups is 3. The van der Waals surface area contributed by atoms with Crippen LogP contribution in [0.5, 0.6) is 0 Å². The van der Waals surface area contributed by atoms with E-state index in [0.717, 1.165) is 70.6 Å². The first-order valence-corrected chi connectivity index (χ1v) is 24.4. The van der Waals surface area contributed by atoms with Crippen molar-refractivity contribution in [3.63, 3.8) is 0 Å². The van der Waals surface area contributed by atoms with E-state index < -0.39 is 18.1 Å². The molecule has 0 bridgehead atoms. The number of allylic oxidation sites excluding steroid dienone is 4. The van der Waals surface area contributed by atoms with E-state index in [1.165, 1.54) is 122 Å². The number of carboxylic acids is 1. The van der Waals surface area contributed by atoms with Gasteiger partial charge in [-0.15, -0.1) is 0 Å². The normalized spacial score (nSPS) is 13.1. The van der Waals surface area contributed by atoms with E-state index >= 15 is 0 Å². The van der Waals surface area contributed by atoms with Crippen molar-refractivity contribution in [3.8, 4) is 0 Å². The molecule has 0 aliphatic rings. The number of hydrogen-bond acceptors (Lipinski definition) is 6. The Morgan fingerprint density at radius 1 is 0.534 bits per heavy atom. The lowest BCUT2D eigenvalue weighted by Gasteiger charge is -2.31. The number of carboxylic acid groups (broad SMARTS) is 1. The van der Waals surface area contributed by atoms with Crippen molar-refractivity contribution in [1.82, 2.24) is 0 Å². The number of esters is 2. The molecular formula is C50H94NO7+. The third-order valence-corrected chi connectivity index (χ3v) is 11.1. The number of nitrogens with zero attached hydrogens (tertiary/aromatic N) is 1. The third kappa shape index (κ3) is 39.3. The van der Waals surface area contributed by atoms with Crippen molar-refractivity contribution < 1.29 is 38.2 Å². The summed E-state index contributed by atoms with van der Waals surface area (Å²) in [6.45, 7) is 4.64. The number of hydrogen-bond donors (Lipinski definition) is 1. The largest absolute Gasteiger partial charge is 0.477 e. The Kier molecular flexibility index (Phi) is 40.0. The van der Waals surface area contributed by atoms with Gasteiger partial charge in [0.2, 0.25) is 0 Å². The van der Waals surface area contributed by atoms with Crippen molar-refractivity contribution in [2.24, 2.45) is 0 Å². The highest BCUT2D eigenvalue weighted by Crippen LogP contribution is 2.16. The van der Waals surface area contributed by atoms with Crippen LogP contribution in [0.4, 0.5) is 0 Å². The van der Waals surface area contributed by atoms with Gasteiger partial charge in [0.15, 0.2) is 12.1 Å². The smallest absolute Gasteiger partial charge is 0.362 e. The lowest BCUT2D eigenvalue weighted by atomic mass is 10.0. The van der Waals surface area contributed by atoms with Gasteiger partial charge in [-0.05, 0) is 38.5 Å². The zero-order valence-corrected chi connectivity index (χ0v) is 38.8. The minimum atomic E-state index is -0.875. The molecule has 2 atom stereocenters. The number of likely N-dealkylation sites (N-methyl/N-ethyl adjacent to an activating group) is 1. The minimum Gasteiger partial charge on any atom is -0.477 e. The molecule has 0 spiro atoms. The maximum Gasteiger partial charge on any atom is 0.362 e. The quantitative estimate of drug-likeness (QED) is 0.0283. The summed E-state index contributed by atoms with van der Waals surface area (Å²) in [4.78, 5) is 37.0. The zero-order valence-electron chi connectivity index (χ0n) is 38.8. The summed E-state index contributed by atoms with van der Waals surface area (Å²) >= 11 is 0. The number of quaternary nitrogens is 1. The molecule has 8 heteroatoms. The highest BCUT2D eigenvalue weighted by molar-refractivity contribution is 5.72. The Bertz CT molecular complexity index is 1000. The van der Waals surface area contributed by atoms with Gasteiger partial charge in [0.05, 0.1) is 34.4 Å². The molecule has 0 radical (unpaired) electrons. The van der Waals surface area contributed by atoms with E-state index in [-0.39, 0.29) is 36.2 Å². The standard InChI is InChI=1S/C50H93NO7/c1-6-8-10-12-14-16-18-20-21-22-23-24-25-26-27-28-29-31-32-34-36-38-40-48(52)57-45-46(44-56-43-42-47(50(54)55)51(3,4)5)58-49(53)41-39-37-35-33-30-19-17-15-13-11-9-7-2/h9,11,15,17,46-47H,6-8,10,12-14,16,18-45H2,1-5H3/p+1/b11-9+,17-15+. The first-order valence-electron chi connectivity index (χ1n) is 24.4. The number of rotatable bonds is 44. The fourth-order valence-corrected chi connectivity index (χ4v) is 7.37. The summed E-state index contributed by atoms with van der Waals surface area (Å²) in [6.07, 6.45) is 46.6. The molecule has 2 unspecified atom stereocenters. The molecule has 0 aliphatic carbocycles. The second kappa shape index (κ2) is 41.5. The van der Waals surface area contributed by atoms with Crippen LogP contribution >= 0.6 is 0 Å².